The van der Waals surface area contributed by atoms with Crippen LogP contribution in [0.25, 0.3) is 0 Å². The smallest absolute Gasteiger partial charge is 0.0625 e. The van der Waals surface area contributed by atoms with Crippen LogP contribution in [0.5, 0.6) is 0 Å². The predicted octanol–water partition coefficient (Wildman–Crippen LogP) is 0.132. The third kappa shape index (κ3) is 2.84. The van der Waals surface area contributed by atoms with Crippen LogP contribution in [0, 0.1) is 0 Å². The summed E-state index contributed by atoms with van der Waals surface area (Å²) < 4.78 is 16.4. The maximum absolute atomic E-state index is 11.4. The number of ether oxygens (including phenoxy) is 1. The van der Waals surface area contributed by atoms with E-state index in [4.69, 9.17) is 4.74 Å². The van der Waals surface area contributed by atoms with Gasteiger partial charge in [-0.05, 0) is 13.8 Å². The quantitative estimate of drug-likeness (QED) is 0.674. The van der Waals surface area contributed by atoms with Gasteiger partial charge >= 0.3 is 0 Å². The second-order valence-electron chi connectivity index (χ2n) is 3.93. The molecule has 0 radical (unpaired) electrons. The van der Waals surface area contributed by atoms with Crippen LogP contribution in [-0.4, -0.2) is 41.0 Å². The molecule has 0 amide bonds. The monoisotopic (exact) mass is 191 g/mol. The van der Waals surface area contributed by atoms with E-state index in [1.807, 2.05) is 0 Å². The van der Waals surface area contributed by atoms with Crippen LogP contribution in [0.4, 0.5) is 0 Å². The minimum absolute atomic E-state index is 0.00763. The van der Waals surface area contributed by atoms with Crippen LogP contribution in [0.3, 0.4) is 0 Å². The van der Waals surface area contributed by atoms with Gasteiger partial charge in [-0.2, -0.15) is 0 Å². The van der Waals surface area contributed by atoms with Crippen LogP contribution in [-0.2, 0) is 15.5 Å². The Morgan fingerprint density at radius 2 is 2.33 bits per heavy atom. The highest BCUT2D eigenvalue weighted by atomic mass is 32.2. The third-order valence-corrected chi connectivity index (χ3v) is 3.69. The zero-order chi connectivity index (χ0) is 9.19. The van der Waals surface area contributed by atoms with E-state index in [0.717, 1.165) is 11.5 Å². The van der Waals surface area contributed by atoms with Gasteiger partial charge in [-0.3, -0.25) is 4.21 Å². The second kappa shape index (κ2) is 3.85. The van der Waals surface area contributed by atoms with Gasteiger partial charge in [0.1, 0.15) is 0 Å². The predicted molar refractivity (Wildman–Crippen MR) is 50.8 cm³/mol. The molecule has 1 rings (SSSR count). The average Bonchev–Trinajstić information content (AvgIpc) is 1.82. The average molecular weight is 191 g/mol. The maximum Gasteiger partial charge on any atom is 0.0625 e. The Hall–Kier alpha value is 0.0700. The fraction of sp³-hybridized carbons (Fsp3) is 1.00. The molecule has 2 unspecified atom stereocenters. The van der Waals surface area contributed by atoms with Gasteiger partial charge in [-0.25, -0.2) is 0 Å². The lowest BCUT2D eigenvalue weighted by molar-refractivity contribution is 0.158. The fourth-order valence-electron chi connectivity index (χ4n) is 1.61. The molecule has 1 fully saturated rings. The van der Waals surface area contributed by atoms with E-state index in [-0.39, 0.29) is 11.6 Å². The number of hydrogen-bond acceptors (Lipinski definition) is 3. The number of hydrogen-bond donors (Lipinski definition) is 1. The molecule has 0 aromatic rings. The first kappa shape index (κ1) is 10.2. The summed E-state index contributed by atoms with van der Waals surface area (Å²) in [6, 6.07) is 0.250. The van der Waals surface area contributed by atoms with Crippen molar-refractivity contribution in [3.63, 3.8) is 0 Å². The maximum atomic E-state index is 11.4. The molecule has 72 valence electrons. The molecule has 1 aliphatic heterocycles. The van der Waals surface area contributed by atoms with Crippen LogP contribution in [0.15, 0.2) is 0 Å². The van der Waals surface area contributed by atoms with Crippen molar-refractivity contribution < 1.29 is 8.95 Å². The van der Waals surface area contributed by atoms with E-state index in [2.05, 4.69) is 19.2 Å². The number of rotatable bonds is 2. The Morgan fingerprint density at radius 3 is 2.83 bits per heavy atom. The minimum atomic E-state index is -0.684. The summed E-state index contributed by atoms with van der Waals surface area (Å²) in [6.07, 6.45) is 0. The summed E-state index contributed by atoms with van der Waals surface area (Å²) in [6.45, 7) is 4.80. The standard InChI is InChI=1S/C8H17NO2S/c1-8(2)6-12(10)5-7(9-8)4-11-3/h7,9H,4-6H2,1-3H3. The Balaban J connectivity index is 2.51. The normalized spacial score (nSPS) is 34.9. The Bertz CT molecular complexity index is 182. The van der Waals surface area contributed by atoms with Crippen molar-refractivity contribution in [3.05, 3.63) is 0 Å². The first-order valence-electron chi connectivity index (χ1n) is 4.15. The first-order chi connectivity index (χ1) is 5.53. The van der Waals surface area contributed by atoms with E-state index >= 15 is 0 Å². The molecule has 0 aromatic carbocycles. The lowest BCUT2D eigenvalue weighted by atomic mass is 10.1. The summed E-state index contributed by atoms with van der Waals surface area (Å²) in [5, 5.41) is 3.41. The topological polar surface area (TPSA) is 38.3 Å². The Kier molecular flexibility index (Phi) is 3.26. The molecule has 0 aliphatic carbocycles. The fourth-order valence-corrected chi connectivity index (χ4v) is 3.25. The molecular formula is C8H17NO2S. The molecule has 4 heteroatoms. The highest BCUT2D eigenvalue weighted by Crippen LogP contribution is 2.13. The van der Waals surface area contributed by atoms with Gasteiger partial charge in [-0.15, -0.1) is 0 Å². The largest absolute Gasteiger partial charge is 0.383 e. The highest BCUT2D eigenvalue weighted by molar-refractivity contribution is 7.85. The molecule has 1 aliphatic rings. The van der Waals surface area contributed by atoms with Crippen LogP contribution in [0.2, 0.25) is 0 Å². The molecule has 2 atom stereocenters. The lowest BCUT2D eigenvalue weighted by Gasteiger charge is -2.36. The Morgan fingerprint density at radius 1 is 1.67 bits per heavy atom. The van der Waals surface area contributed by atoms with Crippen molar-refractivity contribution in [1.82, 2.24) is 5.32 Å². The van der Waals surface area contributed by atoms with Gasteiger partial charge in [0, 0.05) is 41.0 Å². The molecule has 0 spiro atoms. The van der Waals surface area contributed by atoms with Gasteiger partial charge in [0.05, 0.1) is 6.61 Å². The van der Waals surface area contributed by atoms with Gasteiger partial charge in [-0.1, -0.05) is 0 Å². The molecule has 0 saturated carbocycles. The van der Waals surface area contributed by atoms with E-state index in [9.17, 15) is 4.21 Å². The van der Waals surface area contributed by atoms with Gasteiger partial charge in [0.2, 0.25) is 0 Å². The molecule has 12 heavy (non-hydrogen) atoms. The molecule has 0 bridgehead atoms. The van der Waals surface area contributed by atoms with E-state index in [0.29, 0.717) is 6.61 Å². The van der Waals surface area contributed by atoms with Gasteiger partial charge in [0.25, 0.3) is 0 Å². The molecule has 1 saturated heterocycles. The van der Waals surface area contributed by atoms with Crippen molar-refractivity contribution in [3.8, 4) is 0 Å². The van der Waals surface area contributed by atoms with Crippen LogP contribution >= 0.6 is 0 Å². The summed E-state index contributed by atoms with van der Waals surface area (Å²) in [5.41, 5.74) is -0.00763. The van der Waals surface area contributed by atoms with Crippen molar-refractivity contribution >= 4 is 10.8 Å². The van der Waals surface area contributed by atoms with E-state index in [1.54, 1.807) is 7.11 Å². The molecular weight excluding hydrogens is 174 g/mol. The molecule has 3 nitrogen and oxygen atoms in total. The summed E-state index contributed by atoms with van der Waals surface area (Å²) >= 11 is 0. The molecule has 1 heterocycles. The summed E-state index contributed by atoms with van der Waals surface area (Å²) in [4.78, 5) is 0. The Labute approximate surface area is 76.3 Å². The van der Waals surface area contributed by atoms with Crippen molar-refractivity contribution in [2.24, 2.45) is 0 Å². The van der Waals surface area contributed by atoms with Crippen molar-refractivity contribution in [2.75, 3.05) is 25.2 Å². The summed E-state index contributed by atoms with van der Waals surface area (Å²) in [5.74, 6) is 1.46. The van der Waals surface area contributed by atoms with Crippen LogP contribution < -0.4 is 5.32 Å². The molecule has 1 N–H and O–H groups in total. The number of nitrogens with one attached hydrogen (secondary N) is 1. The van der Waals surface area contributed by atoms with Gasteiger partial charge in [0.15, 0.2) is 0 Å². The SMILES string of the molecule is COCC1CS(=O)CC(C)(C)N1. The minimum Gasteiger partial charge on any atom is -0.383 e. The molecule has 0 aromatic heterocycles. The van der Waals surface area contributed by atoms with Crippen molar-refractivity contribution in [2.45, 2.75) is 25.4 Å². The zero-order valence-corrected chi connectivity index (χ0v) is 8.74. The lowest BCUT2D eigenvalue weighted by Crippen LogP contribution is -2.57. The third-order valence-electron chi connectivity index (χ3n) is 1.87. The van der Waals surface area contributed by atoms with Crippen LogP contribution in [0.1, 0.15) is 13.8 Å². The van der Waals surface area contributed by atoms with Gasteiger partial charge < -0.3 is 10.1 Å². The summed E-state index contributed by atoms with van der Waals surface area (Å²) in [7, 11) is 0.989. The first-order valence-corrected chi connectivity index (χ1v) is 5.64. The van der Waals surface area contributed by atoms with E-state index in [1.165, 1.54) is 0 Å². The second-order valence-corrected chi connectivity index (χ2v) is 5.43. The highest BCUT2D eigenvalue weighted by Gasteiger charge is 2.30. The van der Waals surface area contributed by atoms with E-state index < -0.39 is 10.8 Å². The zero-order valence-electron chi connectivity index (χ0n) is 7.92. The van der Waals surface area contributed by atoms with Crippen molar-refractivity contribution in [1.29, 1.82) is 0 Å². The number of methoxy groups -OCH3 is 1.